The quantitative estimate of drug-likeness (QED) is 0.895. The van der Waals surface area contributed by atoms with Crippen LogP contribution in [-0.2, 0) is 10.2 Å². The van der Waals surface area contributed by atoms with Crippen LogP contribution in [0, 0.1) is 5.41 Å². The van der Waals surface area contributed by atoms with E-state index in [-0.39, 0.29) is 17.4 Å². The molecule has 0 atom stereocenters. The van der Waals surface area contributed by atoms with Crippen molar-refractivity contribution in [2.75, 3.05) is 31.7 Å². The molecule has 0 saturated carbocycles. The lowest BCUT2D eigenvalue weighted by Crippen LogP contribution is -2.50. The molecule has 0 aliphatic carbocycles. The number of aliphatic hydroxyl groups is 1. The second kappa shape index (κ2) is 4.68. The number of aliphatic hydroxyl groups excluding tert-OH is 1. The largest absolute Gasteiger partial charge is 0.396 e. The molecular weight excluding hydrogens is 276 g/mol. The maximum absolute atomic E-state index is 9.39. The lowest BCUT2D eigenvalue weighted by molar-refractivity contribution is -0.128. The molecule has 2 N–H and O–H groups in total. The Labute approximate surface area is 121 Å². The van der Waals surface area contributed by atoms with Gasteiger partial charge >= 0.3 is 0 Å². The third-order valence-corrected chi connectivity index (χ3v) is 4.46. The number of fused-ring (bicyclic) bond motifs is 1. The molecule has 20 heavy (non-hydrogen) atoms. The maximum Gasteiger partial charge on any atom is 0.214 e. The minimum Gasteiger partial charge on any atom is -0.396 e. The highest BCUT2D eigenvalue weighted by atomic mass is 32.1. The first-order chi connectivity index (χ1) is 9.42. The number of aromatic nitrogens is 3. The third-order valence-electron chi connectivity index (χ3n) is 3.58. The van der Waals surface area contributed by atoms with Crippen LogP contribution in [-0.4, -0.2) is 46.1 Å². The molecule has 3 rings (SSSR count). The molecule has 6 nitrogen and oxygen atoms in total. The molecule has 2 aromatic heterocycles. The van der Waals surface area contributed by atoms with Gasteiger partial charge in [0, 0.05) is 12.0 Å². The van der Waals surface area contributed by atoms with E-state index in [1.54, 1.807) is 0 Å². The van der Waals surface area contributed by atoms with Crippen molar-refractivity contribution >= 4 is 21.4 Å². The number of ether oxygens (including phenoxy) is 1. The first kappa shape index (κ1) is 13.8. The summed E-state index contributed by atoms with van der Waals surface area (Å²) in [5.41, 5.74) is 0.928. The van der Waals surface area contributed by atoms with E-state index >= 15 is 0 Å². The molecule has 0 aromatic carbocycles. The summed E-state index contributed by atoms with van der Waals surface area (Å²) in [6.07, 6.45) is 1.98. The minimum atomic E-state index is -0.148. The Hall–Kier alpha value is -1.18. The second-order valence-electron chi connectivity index (χ2n) is 6.51. The lowest BCUT2D eigenvalue weighted by Gasteiger charge is -2.39. The van der Waals surface area contributed by atoms with Crippen LogP contribution >= 0.6 is 11.3 Å². The van der Waals surface area contributed by atoms with Crippen LogP contribution < -0.4 is 5.32 Å². The van der Waals surface area contributed by atoms with Gasteiger partial charge in [-0.2, -0.15) is 0 Å². The monoisotopic (exact) mass is 296 g/mol. The fourth-order valence-corrected chi connectivity index (χ4v) is 2.81. The molecule has 0 amide bonds. The highest BCUT2D eigenvalue weighted by Crippen LogP contribution is 2.29. The molecule has 0 radical (unpaired) electrons. The summed E-state index contributed by atoms with van der Waals surface area (Å²) in [6, 6.07) is 0. The van der Waals surface area contributed by atoms with Crippen LogP contribution in [0.3, 0.4) is 0 Å². The normalized spacial score (nSPS) is 18.2. The van der Waals surface area contributed by atoms with Gasteiger partial charge in [-0.15, -0.1) is 5.10 Å². The van der Waals surface area contributed by atoms with Crippen LogP contribution in [0.5, 0.6) is 0 Å². The number of hydrogen-bond donors (Lipinski definition) is 2. The SMILES string of the molecule is CC(C)(C)c1cn2nc(NCC3(CO)COC3)sc2n1. The zero-order valence-electron chi connectivity index (χ0n) is 12.0. The number of anilines is 1. The predicted molar refractivity (Wildman–Crippen MR) is 78.4 cm³/mol. The first-order valence-corrected chi connectivity index (χ1v) is 7.53. The predicted octanol–water partition coefficient (Wildman–Crippen LogP) is 1.51. The summed E-state index contributed by atoms with van der Waals surface area (Å²) < 4.78 is 7.00. The van der Waals surface area contributed by atoms with Gasteiger partial charge in [-0.05, 0) is 0 Å². The maximum atomic E-state index is 9.39. The van der Waals surface area contributed by atoms with E-state index in [4.69, 9.17) is 4.74 Å². The van der Waals surface area contributed by atoms with Gasteiger partial charge in [-0.1, -0.05) is 32.1 Å². The second-order valence-corrected chi connectivity index (χ2v) is 7.47. The van der Waals surface area contributed by atoms with Gasteiger partial charge in [0.1, 0.15) is 0 Å². The van der Waals surface area contributed by atoms with E-state index in [9.17, 15) is 5.11 Å². The number of imidazole rings is 1. The van der Waals surface area contributed by atoms with E-state index in [2.05, 4.69) is 36.2 Å². The van der Waals surface area contributed by atoms with Crippen molar-refractivity contribution in [3.8, 4) is 0 Å². The summed E-state index contributed by atoms with van der Waals surface area (Å²) in [5, 5.41) is 18.0. The van der Waals surface area contributed by atoms with Crippen LogP contribution in [0.1, 0.15) is 26.5 Å². The van der Waals surface area contributed by atoms with E-state index in [1.165, 1.54) is 11.3 Å². The Bertz CT molecular complexity index is 572. The lowest BCUT2D eigenvalue weighted by atomic mass is 9.87. The number of hydrogen-bond acceptors (Lipinski definition) is 6. The van der Waals surface area contributed by atoms with Gasteiger partial charge in [0.25, 0.3) is 0 Å². The van der Waals surface area contributed by atoms with Crippen molar-refractivity contribution in [1.82, 2.24) is 14.6 Å². The fraction of sp³-hybridized carbons (Fsp3) is 0.692. The van der Waals surface area contributed by atoms with Crippen LogP contribution in [0.25, 0.3) is 4.96 Å². The van der Waals surface area contributed by atoms with Gasteiger partial charge in [-0.3, -0.25) is 0 Å². The van der Waals surface area contributed by atoms with Crippen LogP contribution in [0.15, 0.2) is 6.20 Å². The number of nitrogens with one attached hydrogen (secondary N) is 1. The van der Waals surface area contributed by atoms with Crippen molar-refractivity contribution < 1.29 is 9.84 Å². The first-order valence-electron chi connectivity index (χ1n) is 6.71. The van der Waals surface area contributed by atoms with Crippen molar-refractivity contribution in [3.63, 3.8) is 0 Å². The Morgan fingerprint density at radius 3 is 2.75 bits per heavy atom. The van der Waals surface area contributed by atoms with Crippen molar-refractivity contribution in [2.45, 2.75) is 26.2 Å². The molecule has 1 fully saturated rings. The Kier molecular flexibility index (Phi) is 3.23. The average Bonchev–Trinajstić information content (AvgIpc) is 2.84. The fourth-order valence-electron chi connectivity index (χ4n) is 2.04. The molecule has 3 heterocycles. The molecule has 7 heteroatoms. The highest BCUT2D eigenvalue weighted by molar-refractivity contribution is 7.20. The summed E-state index contributed by atoms with van der Waals surface area (Å²) in [4.78, 5) is 5.50. The van der Waals surface area contributed by atoms with Crippen molar-refractivity contribution in [1.29, 1.82) is 0 Å². The van der Waals surface area contributed by atoms with E-state index in [0.29, 0.717) is 19.8 Å². The summed E-state index contributed by atoms with van der Waals surface area (Å²) in [6.45, 7) is 8.43. The smallest absolute Gasteiger partial charge is 0.214 e. The van der Waals surface area contributed by atoms with E-state index in [0.717, 1.165) is 15.8 Å². The highest BCUT2D eigenvalue weighted by Gasteiger charge is 2.38. The molecule has 0 spiro atoms. The van der Waals surface area contributed by atoms with Gasteiger partial charge in [0.2, 0.25) is 10.1 Å². The zero-order chi connectivity index (χ0) is 14.4. The Morgan fingerprint density at radius 2 is 2.25 bits per heavy atom. The number of nitrogens with zero attached hydrogens (tertiary/aromatic N) is 3. The molecule has 1 saturated heterocycles. The average molecular weight is 296 g/mol. The molecule has 1 aliphatic rings. The number of rotatable bonds is 4. The van der Waals surface area contributed by atoms with Gasteiger partial charge in [-0.25, -0.2) is 9.50 Å². The molecular formula is C13H20N4O2S. The summed E-state index contributed by atoms with van der Waals surface area (Å²) >= 11 is 1.53. The molecule has 110 valence electrons. The van der Waals surface area contributed by atoms with Crippen molar-refractivity contribution in [2.24, 2.45) is 5.41 Å². The van der Waals surface area contributed by atoms with E-state index in [1.807, 2.05) is 10.7 Å². The Balaban J connectivity index is 1.72. The summed E-state index contributed by atoms with van der Waals surface area (Å²) in [7, 11) is 0. The molecule has 0 bridgehead atoms. The van der Waals surface area contributed by atoms with E-state index < -0.39 is 0 Å². The molecule has 2 aromatic rings. The zero-order valence-corrected chi connectivity index (χ0v) is 12.8. The third kappa shape index (κ3) is 2.41. The Morgan fingerprint density at radius 1 is 1.50 bits per heavy atom. The summed E-state index contributed by atoms with van der Waals surface area (Å²) in [5.74, 6) is 0. The standard InChI is InChI=1S/C13H20N4O2S/c1-12(2,3)9-4-17-11(15-9)20-10(16-17)14-5-13(6-18)7-19-8-13/h4,18H,5-8H2,1-3H3,(H,14,16). The van der Waals surface area contributed by atoms with Gasteiger partial charge in [0.15, 0.2) is 0 Å². The van der Waals surface area contributed by atoms with Crippen molar-refractivity contribution in [3.05, 3.63) is 11.9 Å². The van der Waals surface area contributed by atoms with Crippen LogP contribution in [0.4, 0.5) is 5.13 Å². The topological polar surface area (TPSA) is 71.7 Å². The van der Waals surface area contributed by atoms with Crippen LogP contribution in [0.2, 0.25) is 0 Å². The molecule has 0 unspecified atom stereocenters. The minimum absolute atomic E-state index is 0.0330. The van der Waals surface area contributed by atoms with Gasteiger partial charge < -0.3 is 15.2 Å². The van der Waals surface area contributed by atoms with Gasteiger partial charge in [0.05, 0.1) is 37.1 Å². The molecule has 1 aliphatic heterocycles.